The van der Waals surface area contributed by atoms with Crippen molar-refractivity contribution in [1.29, 1.82) is 0 Å². The Bertz CT molecular complexity index is 466. The third-order valence-electron chi connectivity index (χ3n) is 5.83. The van der Waals surface area contributed by atoms with Crippen molar-refractivity contribution in [1.82, 2.24) is 0 Å². The van der Waals surface area contributed by atoms with Gasteiger partial charge < -0.3 is 4.74 Å². The first-order valence-corrected chi connectivity index (χ1v) is 6.78. The second-order valence-corrected chi connectivity index (χ2v) is 6.48. The number of hydrogen-bond donors (Lipinski definition) is 0. The molecule has 4 fully saturated rings. The third-order valence-corrected chi connectivity index (χ3v) is 5.83. The molecule has 0 aromatic heterocycles. The molecule has 0 N–H and O–H groups in total. The Morgan fingerprint density at radius 1 is 1.14 bits per heavy atom. The number of hydrogen-bond acceptors (Lipinski definition) is 2. The Morgan fingerprint density at radius 2 is 1.67 bits per heavy atom. The van der Waals surface area contributed by atoms with Crippen LogP contribution in [0.5, 0.6) is 0 Å². The van der Waals surface area contributed by atoms with Gasteiger partial charge in [-0.25, -0.2) is 0 Å². The Morgan fingerprint density at radius 3 is 1.95 bits per heavy atom. The van der Waals surface area contributed by atoms with Crippen molar-refractivity contribution in [2.24, 2.45) is 35.0 Å². The summed E-state index contributed by atoms with van der Waals surface area (Å²) in [7, 11) is 0. The lowest BCUT2D eigenvalue weighted by Crippen LogP contribution is -2.47. The van der Waals surface area contributed by atoms with Gasteiger partial charge in [0.15, 0.2) is 0 Å². The molecule has 0 spiro atoms. The average Bonchev–Trinajstić information content (AvgIpc) is 2.60. The summed E-state index contributed by atoms with van der Waals surface area (Å²) in [4.78, 5) is 12.1. The molecule has 6 unspecified atom stereocenters. The van der Waals surface area contributed by atoms with E-state index in [-0.39, 0.29) is 29.6 Å². The zero-order chi connectivity index (χ0) is 16.0. The van der Waals surface area contributed by atoms with Gasteiger partial charge in [-0.3, -0.25) is 4.79 Å². The standard InChI is InChI=1S/C13H14F6O2/c1-4-6-3-7-8(4)11(7,5(6)2)10(20)21-9(12(14,15)16)13(17,18)19/h4-9H,3H2,1-2H3. The topological polar surface area (TPSA) is 26.3 Å². The van der Waals surface area contributed by atoms with Crippen molar-refractivity contribution < 1.29 is 35.9 Å². The van der Waals surface area contributed by atoms with E-state index < -0.39 is 29.8 Å². The number of ether oxygens (including phenoxy) is 1. The third kappa shape index (κ3) is 1.70. The highest BCUT2D eigenvalue weighted by Crippen LogP contribution is 2.83. The number of carbonyl (C=O) groups excluding carboxylic acids is 1. The fraction of sp³-hybridized carbons (Fsp3) is 0.923. The summed E-state index contributed by atoms with van der Waals surface area (Å²) in [5, 5.41) is 0. The van der Waals surface area contributed by atoms with Gasteiger partial charge >= 0.3 is 18.3 Å². The van der Waals surface area contributed by atoms with Crippen LogP contribution in [-0.4, -0.2) is 24.4 Å². The summed E-state index contributed by atoms with van der Waals surface area (Å²) in [5.41, 5.74) is -1.11. The molecule has 0 amide bonds. The van der Waals surface area contributed by atoms with E-state index in [1.54, 1.807) is 6.92 Å². The van der Waals surface area contributed by atoms with Gasteiger partial charge in [-0.15, -0.1) is 0 Å². The van der Waals surface area contributed by atoms with E-state index in [1.807, 2.05) is 6.92 Å². The minimum atomic E-state index is -5.65. The zero-order valence-electron chi connectivity index (χ0n) is 11.3. The van der Waals surface area contributed by atoms with Gasteiger partial charge in [0.05, 0.1) is 5.41 Å². The Hall–Kier alpha value is -0.950. The molecule has 0 aliphatic heterocycles. The fourth-order valence-electron chi connectivity index (χ4n) is 5.09. The lowest BCUT2D eigenvalue weighted by molar-refractivity contribution is -0.315. The van der Waals surface area contributed by atoms with Crippen LogP contribution < -0.4 is 0 Å². The molecule has 4 aliphatic rings. The van der Waals surface area contributed by atoms with E-state index in [0.29, 0.717) is 6.42 Å². The van der Waals surface area contributed by atoms with Gasteiger partial charge in [0.1, 0.15) is 0 Å². The molecule has 4 bridgehead atoms. The molecule has 120 valence electrons. The quantitative estimate of drug-likeness (QED) is 0.575. The molecule has 21 heavy (non-hydrogen) atoms. The molecule has 8 heteroatoms. The predicted octanol–water partition coefficient (Wildman–Crippen LogP) is 3.56. The maximum Gasteiger partial charge on any atom is 0.434 e. The van der Waals surface area contributed by atoms with E-state index in [4.69, 9.17) is 0 Å². The summed E-state index contributed by atoms with van der Waals surface area (Å²) >= 11 is 0. The van der Waals surface area contributed by atoms with Crippen LogP contribution in [0.25, 0.3) is 0 Å². The normalized spacial score (nSPS) is 44.3. The number of halogens is 6. The van der Waals surface area contributed by atoms with Crippen molar-refractivity contribution >= 4 is 5.97 Å². The first-order valence-electron chi connectivity index (χ1n) is 6.78. The molecular weight excluding hydrogens is 302 g/mol. The number of rotatable bonds is 2. The lowest BCUT2D eigenvalue weighted by Gasteiger charge is -2.26. The van der Waals surface area contributed by atoms with E-state index in [0.717, 1.165) is 0 Å². The van der Waals surface area contributed by atoms with Crippen LogP contribution in [0.15, 0.2) is 0 Å². The largest absolute Gasteiger partial charge is 0.442 e. The molecule has 6 atom stereocenters. The minimum absolute atomic E-state index is 0.109. The number of carbonyl (C=O) groups is 1. The zero-order valence-corrected chi connectivity index (χ0v) is 11.3. The Kier molecular flexibility index (Phi) is 2.76. The average molecular weight is 316 g/mol. The highest BCUT2D eigenvalue weighted by atomic mass is 19.4. The summed E-state index contributed by atoms with van der Waals surface area (Å²) in [6, 6.07) is 0. The van der Waals surface area contributed by atoms with Crippen LogP contribution in [-0.2, 0) is 9.53 Å². The van der Waals surface area contributed by atoms with Gasteiger partial charge in [-0.2, -0.15) is 26.3 Å². The molecule has 0 radical (unpaired) electrons. The highest BCUT2D eigenvalue weighted by molar-refractivity contribution is 5.84. The van der Waals surface area contributed by atoms with Crippen LogP contribution in [0.3, 0.4) is 0 Å². The molecule has 0 heterocycles. The molecule has 4 rings (SSSR count). The second kappa shape index (κ2) is 3.87. The van der Waals surface area contributed by atoms with Crippen LogP contribution in [0, 0.1) is 35.0 Å². The van der Waals surface area contributed by atoms with Crippen molar-refractivity contribution in [3.63, 3.8) is 0 Å². The molecule has 0 saturated heterocycles. The first kappa shape index (κ1) is 15.0. The van der Waals surface area contributed by atoms with Gasteiger partial charge in [0.25, 0.3) is 6.10 Å². The van der Waals surface area contributed by atoms with Gasteiger partial charge in [-0.05, 0) is 36.0 Å². The molecule has 4 aliphatic carbocycles. The highest BCUT2D eigenvalue weighted by Gasteiger charge is 2.85. The van der Waals surface area contributed by atoms with Crippen molar-refractivity contribution in [2.45, 2.75) is 38.7 Å². The van der Waals surface area contributed by atoms with Crippen molar-refractivity contribution in [3.05, 3.63) is 0 Å². The van der Waals surface area contributed by atoms with Crippen molar-refractivity contribution in [3.8, 4) is 0 Å². The summed E-state index contributed by atoms with van der Waals surface area (Å²) in [6.07, 6.45) is -14.6. The molecular formula is C13H14F6O2. The fourth-order valence-corrected chi connectivity index (χ4v) is 5.09. The summed E-state index contributed by atoms with van der Waals surface area (Å²) in [5.74, 6) is -1.40. The summed E-state index contributed by atoms with van der Waals surface area (Å²) < 4.78 is 78.9. The van der Waals surface area contributed by atoms with Crippen LogP contribution >= 0.6 is 0 Å². The van der Waals surface area contributed by atoms with Crippen molar-refractivity contribution in [2.75, 3.05) is 0 Å². The van der Waals surface area contributed by atoms with Gasteiger partial charge in [0.2, 0.25) is 0 Å². The predicted molar refractivity (Wildman–Crippen MR) is 57.8 cm³/mol. The minimum Gasteiger partial charge on any atom is -0.442 e. The van der Waals surface area contributed by atoms with E-state index in [2.05, 4.69) is 4.74 Å². The van der Waals surface area contributed by atoms with E-state index in [1.165, 1.54) is 0 Å². The van der Waals surface area contributed by atoms with Crippen LogP contribution in [0.2, 0.25) is 0 Å². The molecule has 0 aromatic rings. The van der Waals surface area contributed by atoms with E-state index in [9.17, 15) is 31.1 Å². The second-order valence-electron chi connectivity index (χ2n) is 6.48. The Balaban J connectivity index is 1.82. The van der Waals surface area contributed by atoms with Gasteiger partial charge in [-0.1, -0.05) is 13.8 Å². The maximum absolute atomic E-state index is 12.5. The lowest BCUT2D eigenvalue weighted by atomic mass is 9.90. The van der Waals surface area contributed by atoms with Crippen LogP contribution in [0.4, 0.5) is 26.3 Å². The van der Waals surface area contributed by atoms with E-state index >= 15 is 0 Å². The number of esters is 1. The molecule has 4 saturated carbocycles. The first-order chi connectivity index (χ1) is 9.43. The summed E-state index contributed by atoms with van der Waals surface area (Å²) in [6.45, 7) is 3.63. The molecule has 2 nitrogen and oxygen atoms in total. The SMILES string of the molecule is CC1C2CC3C1C3(C(=O)OC(C(F)(F)F)C(F)(F)F)C2C. The monoisotopic (exact) mass is 316 g/mol. The Labute approximate surface area is 116 Å². The maximum atomic E-state index is 12.5. The number of alkyl halides is 6. The molecule has 0 aromatic carbocycles. The smallest absolute Gasteiger partial charge is 0.434 e. The van der Waals surface area contributed by atoms with Gasteiger partial charge in [0, 0.05) is 0 Å². The van der Waals surface area contributed by atoms with Crippen LogP contribution in [0.1, 0.15) is 20.3 Å².